The van der Waals surface area contributed by atoms with E-state index in [1.807, 2.05) is 0 Å². The Morgan fingerprint density at radius 1 is 1.32 bits per heavy atom. The molecular formula is C20H19ClN2O4S. The topological polar surface area (TPSA) is 92.3 Å². The summed E-state index contributed by atoms with van der Waals surface area (Å²) in [7, 11) is 0. The van der Waals surface area contributed by atoms with Gasteiger partial charge in [-0.3, -0.25) is 4.79 Å². The van der Waals surface area contributed by atoms with E-state index >= 15 is 0 Å². The van der Waals surface area contributed by atoms with E-state index in [-0.39, 0.29) is 28.8 Å². The van der Waals surface area contributed by atoms with Crippen molar-refractivity contribution in [2.75, 3.05) is 6.61 Å². The molecule has 3 rings (SSSR count). The van der Waals surface area contributed by atoms with Gasteiger partial charge in [0.15, 0.2) is 5.82 Å². The quantitative estimate of drug-likeness (QED) is 0.607. The summed E-state index contributed by atoms with van der Waals surface area (Å²) in [6.45, 7) is 7.26. The number of thiophene rings is 1. The number of nitrogens with zero attached hydrogens (tertiary/aromatic N) is 1. The summed E-state index contributed by atoms with van der Waals surface area (Å²) in [6, 6.07) is 3.57. The van der Waals surface area contributed by atoms with Gasteiger partial charge in [-0.15, -0.1) is 11.3 Å². The van der Waals surface area contributed by atoms with Crippen molar-refractivity contribution >= 4 is 50.2 Å². The van der Waals surface area contributed by atoms with Crippen molar-refractivity contribution in [2.24, 2.45) is 0 Å². The molecule has 0 aliphatic carbocycles. The van der Waals surface area contributed by atoms with Gasteiger partial charge in [0.1, 0.15) is 15.5 Å². The number of aryl methyl sites for hydroxylation is 3. The smallest absolute Gasteiger partial charge is 0.348 e. The monoisotopic (exact) mass is 418 g/mol. The minimum atomic E-state index is -0.472. The molecule has 0 amide bonds. The Hall–Kier alpha value is -2.64. The minimum absolute atomic E-state index is 0.208. The molecule has 146 valence electrons. The number of benzene rings is 1. The van der Waals surface area contributed by atoms with Gasteiger partial charge < -0.3 is 14.8 Å². The lowest BCUT2D eigenvalue weighted by Crippen LogP contribution is -2.11. The van der Waals surface area contributed by atoms with Crippen LogP contribution >= 0.6 is 22.9 Å². The van der Waals surface area contributed by atoms with Crippen LogP contribution in [-0.4, -0.2) is 27.7 Å². The number of carbonyl (C=O) groups is 1. The molecule has 2 N–H and O–H groups in total. The van der Waals surface area contributed by atoms with Gasteiger partial charge in [0.25, 0.3) is 5.56 Å². The molecule has 8 heteroatoms. The molecule has 0 unspecified atom stereocenters. The Morgan fingerprint density at radius 3 is 2.57 bits per heavy atom. The Morgan fingerprint density at radius 2 is 1.96 bits per heavy atom. The molecule has 0 saturated carbocycles. The van der Waals surface area contributed by atoms with Crippen molar-refractivity contribution in [2.45, 2.75) is 27.7 Å². The van der Waals surface area contributed by atoms with Crippen molar-refractivity contribution in [3.05, 3.63) is 55.4 Å². The number of halogens is 1. The van der Waals surface area contributed by atoms with E-state index in [0.29, 0.717) is 20.7 Å². The molecule has 0 atom stereocenters. The number of phenolic OH excluding ortho intramolecular Hbond substituents is 1. The first-order valence-electron chi connectivity index (χ1n) is 8.61. The summed E-state index contributed by atoms with van der Waals surface area (Å²) >= 11 is 7.50. The van der Waals surface area contributed by atoms with Gasteiger partial charge in [0.05, 0.1) is 17.0 Å². The predicted molar refractivity (Wildman–Crippen MR) is 112 cm³/mol. The van der Waals surface area contributed by atoms with Crippen LogP contribution in [0.4, 0.5) is 0 Å². The molecular weight excluding hydrogens is 400 g/mol. The second-order valence-corrected chi connectivity index (χ2v) is 7.77. The summed E-state index contributed by atoms with van der Waals surface area (Å²) in [5.41, 5.74) is 2.40. The van der Waals surface area contributed by atoms with Gasteiger partial charge in [-0.2, -0.15) is 0 Å². The highest BCUT2D eigenvalue weighted by Crippen LogP contribution is 2.30. The van der Waals surface area contributed by atoms with E-state index in [2.05, 4.69) is 9.97 Å². The number of carbonyl (C=O) groups excluding carboxylic acids is 1. The number of aromatic amines is 1. The molecule has 6 nitrogen and oxygen atoms in total. The zero-order chi connectivity index (χ0) is 20.6. The molecule has 28 heavy (non-hydrogen) atoms. The second-order valence-electron chi connectivity index (χ2n) is 6.37. The number of hydrogen-bond donors (Lipinski definition) is 2. The third-order valence-corrected chi connectivity index (χ3v) is 5.75. The molecule has 0 bridgehead atoms. The van der Waals surface area contributed by atoms with Crippen molar-refractivity contribution in [3.8, 4) is 5.75 Å². The van der Waals surface area contributed by atoms with Crippen molar-refractivity contribution in [1.82, 2.24) is 9.97 Å². The SMILES string of the molecule is CCOC(=O)c1sc2nc(/C(Cl)=C/c3cc(C)c(O)c(C)c3)[nH]c(=O)c2c1C. The first-order valence-corrected chi connectivity index (χ1v) is 9.80. The second kappa shape index (κ2) is 7.77. The van der Waals surface area contributed by atoms with Crippen LogP contribution in [0.15, 0.2) is 16.9 Å². The molecule has 0 spiro atoms. The molecule has 0 fully saturated rings. The average molecular weight is 419 g/mol. The number of nitrogens with one attached hydrogen (secondary N) is 1. The van der Waals surface area contributed by atoms with Crippen LogP contribution in [0.25, 0.3) is 21.3 Å². The van der Waals surface area contributed by atoms with Crippen LogP contribution < -0.4 is 5.56 Å². The largest absolute Gasteiger partial charge is 0.507 e. The molecule has 3 aromatic rings. The average Bonchev–Trinajstić information content (AvgIpc) is 2.97. The van der Waals surface area contributed by atoms with E-state index in [9.17, 15) is 14.7 Å². The van der Waals surface area contributed by atoms with Crippen LogP contribution in [0.3, 0.4) is 0 Å². The van der Waals surface area contributed by atoms with E-state index < -0.39 is 5.97 Å². The summed E-state index contributed by atoms with van der Waals surface area (Å²) in [5, 5.41) is 10.5. The third-order valence-electron chi connectivity index (χ3n) is 4.29. The van der Waals surface area contributed by atoms with Gasteiger partial charge in [0, 0.05) is 0 Å². The van der Waals surface area contributed by atoms with Crippen LogP contribution in [0, 0.1) is 20.8 Å². The number of phenols is 1. The van der Waals surface area contributed by atoms with Crippen LogP contribution in [0.2, 0.25) is 0 Å². The summed E-state index contributed by atoms with van der Waals surface area (Å²) in [5.74, 6) is -0.0263. The first kappa shape index (κ1) is 20.1. The normalized spacial score (nSPS) is 11.8. The first-order chi connectivity index (χ1) is 13.2. The third kappa shape index (κ3) is 3.68. The number of H-pyrrole nitrogens is 1. The number of ether oxygens (including phenoxy) is 1. The van der Waals surface area contributed by atoms with Gasteiger partial charge in [0.2, 0.25) is 0 Å². The highest BCUT2D eigenvalue weighted by Gasteiger charge is 2.20. The molecule has 0 saturated heterocycles. The predicted octanol–water partition coefficient (Wildman–Crippen LogP) is 4.53. The molecule has 0 aliphatic heterocycles. The zero-order valence-electron chi connectivity index (χ0n) is 15.8. The Bertz CT molecular complexity index is 1150. The van der Waals surface area contributed by atoms with Gasteiger partial charge in [-0.05, 0) is 68.2 Å². The minimum Gasteiger partial charge on any atom is -0.507 e. The van der Waals surface area contributed by atoms with Crippen LogP contribution in [-0.2, 0) is 4.74 Å². The highest BCUT2D eigenvalue weighted by atomic mass is 35.5. The van der Waals surface area contributed by atoms with Crippen LogP contribution in [0.5, 0.6) is 5.75 Å². The standard InChI is InChI=1S/C20H19ClN2O4S/c1-5-27-20(26)16-11(4)14-18(25)22-17(23-19(14)28-16)13(21)8-12-6-9(2)15(24)10(3)7-12/h6-8,24H,5H2,1-4H3,(H,22,23,25)/b13-8-. The lowest BCUT2D eigenvalue weighted by molar-refractivity contribution is 0.0531. The molecule has 2 aromatic heterocycles. The Kier molecular flexibility index (Phi) is 5.58. The zero-order valence-corrected chi connectivity index (χ0v) is 17.4. The number of aromatic hydroxyl groups is 1. The van der Waals surface area contributed by atoms with Crippen molar-refractivity contribution in [1.29, 1.82) is 0 Å². The number of aromatic nitrogens is 2. The maximum Gasteiger partial charge on any atom is 0.348 e. The van der Waals surface area contributed by atoms with E-state index in [1.165, 1.54) is 0 Å². The summed E-state index contributed by atoms with van der Waals surface area (Å²) in [6.07, 6.45) is 1.66. The number of hydrogen-bond acceptors (Lipinski definition) is 6. The van der Waals surface area contributed by atoms with Gasteiger partial charge >= 0.3 is 5.97 Å². The van der Waals surface area contributed by atoms with E-state index in [4.69, 9.17) is 16.3 Å². The van der Waals surface area contributed by atoms with Crippen molar-refractivity contribution < 1.29 is 14.6 Å². The van der Waals surface area contributed by atoms with Gasteiger partial charge in [-0.1, -0.05) is 11.6 Å². The Balaban J connectivity index is 2.09. The molecule has 1 aromatic carbocycles. The molecule has 0 aliphatic rings. The van der Waals surface area contributed by atoms with Gasteiger partial charge in [-0.25, -0.2) is 9.78 Å². The number of rotatable bonds is 4. The number of esters is 1. The number of fused-ring (bicyclic) bond motifs is 1. The highest BCUT2D eigenvalue weighted by molar-refractivity contribution is 7.20. The fourth-order valence-corrected chi connectivity index (χ4v) is 4.23. The van der Waals surface area contributed by atoms with E-state index in [0.717, 1.165) is 28.0 Å². The van der Waals surface area contributed by atoms with Crippen molar-refractivity contribution in [3.63, 3.8) is 0 Å². The summed E-state index contributed by atoms with van der Waals surface area (Å²) in [4.78, 5) is 32.5. The van der Waals surface area contributed by atoms with E-state index in [1.54, 1.807) is 45.9 Å². The molecule has 2 heterocycles. The maximum atomic E-state index is 12.6. The fourth-order valence-electron chi connectivity index (χ4n) is 2.94. The lowest BCUT2D eigenvalue weighted by Gasteiger charge is -2.06. The Labute approximate surface area is 170 Å². The fraction of sp³-hybridized carbons (Fsp3) is 0.250. The summed E-state index contributed by atoms with van der Waals surface area (Å²) < 4.78 is 5.04. The maximum absolute atomic E-state index is 12.6. The van der Waals surface area contributed by atoms with Crippen LogP contribution in [0.1, 0.15) is 44.7 Å². The molecule has 0 radical (unpaired) electrons. The lowest BCUT2D eigenvalue weighted by atomic mass is 10.1.